The van der Waals surface area contributed by atoms with Crippen LogP contribution in [0.3, 0.4) is 0 Å². The van der Waals surface area contributed by atoms with Crippen molar-refractivity contribution in [3.05, 3.63) is 28.4 Å². The Morgan fingerprint density at radius 1 is 1.47 bits per heavy atom. The van der Waals surface area contributed by atoms with E-state index in [9.17, 15) is 5.21 Å². The van der Waals surface area contributed by atoms with Crippen LogP contribution in [0.5, 0.6) is 0 Å². The lowest BCUT2D eigenvalue weighted by Gasteiger charge is -2.08. The summed E-state index contributed by atoms with van der Waals surface area (Å²) in [5, 5.41) is 10.9. The zero-order valence-corrected chi connectivity index (χ0v) is 9.51. The number of quaternary nitrogens is 1. The van der Waals surface area contributed by atoms with Gasteiger partial charge in [0, 0.05) is 11.6 Å². The molecule has 0 aliphatic heterocycles. The fraction of sp³-hybridized carbons (Fsp3) is 0.364. The highest BCUT2D eigenvalue weighted by Crippen LogP contribution is 2.26. The highest BCUT2D eigenvalue weighted by Gasteiger charge is 2.10. The van der Waals surface area contributed by atoms with Crippen molar-refractivity contribution in [3.8, 4) is 0 Å². The summed E-state index contributed by atoms with van der Waals surface area (Å²) in [7, 11) is 0. The number of hydrogen-bond acceptors (Lipinski definition) is 3. The van der Waals surface area contributed by atoms with Gasteiger partial charge in [-0.2, -0.15) is 0 Å². The van der Waals surface area contributed by atoms with Gasteiger partial charge in [-0.15, -0.1) is 11.3 Å². The molecule has 2 aromatic rings. The van der Waals surface area contributed by atoms with Gasteiger partial charge in [0.25, 0.3) is 0 Å². The molecular formula is C11H14N2OS. The first-order chi connectivity index (χ1) is 7.36. The molecule has 0 spiro atoms. The number of hydrogen-bond donors (Lipinski definition) is 1. The first kappa shape index (κ1) is 10.5. The smallest absolute Gasteiger partial charge is 0.135 e. The summed E-state index contributed by atoms with van der Waals surface area (Å²) in [6.45, 7) is 2.15. The van der Waals surface area contributed by atoms with Crippen molar-refractivity contribution in [2.45, 2.75) is 26.2 Å². The highest BCUT2D eigenvalue weighted by molar-refractivity contribution is 7.16. The van der Waals surface area contributed by atoms with Gasteiger partial charge in [0.2, 0.25) is 0 Å². The summed E-state index contributed by atoms with van der Waals surface area (Å²) in [6, 6.07) is 3.88. The van der Waals surface area contributed by atoms with E-state index in [1.54, 1.807) is 11.3 Å². The number of fused-ring (bicyclic) bond motifs is 1. The zero-order chi connectivity index (χ0) is 10.7. The van der Waals surface area contributed by atoms with Gasteiger partial charge in [0.15, 0.2) is 0 Å². The third-order valence-electron chi connectivity index (χ3n) is 2.55. The number of unbranched alkanes of at least 4 members (excludes halogenated alkanes) is 1. The van der Waals surface area contributed by atoms with Crippen molar-refractivity contribution in [2.24, 2.45) is 0 Å². The van der Waals surface area contributed by atoms with Crippen molar-refractivity contribution in [2.75, 3.05) is 0 Å². The van der Waals surface area contributed by atoms with Crippen molar-refractivity contribution >= 4 is 27.2 Å². The van der Waals surface area contributed by atoms with Crippen molar-refractivity contribution in [3.63, 3.8) is 0 Å². The monoisotopic (exact) mass is 222 g/mol. The van der Waals surface area contributed by atoms with Crippen LogP contribution in [0.25, 0.3) is 10.2 Å². The maximum atomic E-state index is 10.9. The average molecular weight is 222 g/mol. The summed E-state index contributed by atoms with van der Waals surface area (Å²) in [5.74, 6) is 0. The SMILES string of the molecule is CCCCc1c([NH2+][O-])ccc2scnc12. The number of thiazole rings is 1. The fourth-order valence-corrected chi connectivity index (χ4v) is 2.44. The molecule has 0 bridgehead atoms. The molecule has 80 valence electrons. The van der Waals surface area contributed by atoms with Crippen LogP contribution >= 0.6 is 11.3 Å². The van der Waals surface area contributed by atoms with Crippen molar-refractivity contribution < 1.29 is 5.48 Å². The Bertz CT molecular complexity index is 453. The van der Waals surface area contributed by atoms with Gasteiger partial charge in [0.1, 0.15) is 5.69 Å². The third kappa shape index (κ3) is 2.02. The lowest BCUT2D eigenvalue weighted by atomic mass is 10.1. The molecule has 1 heterocycles. The molecule has 0 saturated carbocycles. The van der Waals surface area contributed by atoms with Gasteiger partial charge in [-0.1, -0.05) is 13.3 Å². The lowest BCUT2D eigenvalue weighted by Crippen LogP contribution is -2.70. The molecular weight excluding hydrogens is 208 g/mol. The van der Waals surface area contributed by atoms with Crippen LogP contribution in [0.1, 0.15) is 25.3 Å². The van der Waals surface area contributed by atoms with E-state index in [1.165, 1.54) is 4.70 Å². The largest absolute Gasteiger partial charge is 0.630 e. The van der Waals surface area contributed by atoms with Gasteiger partial charge in [-0.3, -0.25) is 0 Å². The van der Waals surface area contributed by atoms with Crippen LogP contribution in [-0.4, -0.2) is 4.98 Å². The minimum absolute atomic E-state index is 0.793. The molecule has 0 amide bonds. The third-order valence-corrected chi connectivity index (χ3v) is 3.34. The molecule has 0 aliphatic rings. The van der Waals surface area contributed by atoms with Gasteiger partial charge >= 0.3 is 0 Å². The van der Waals surface area contributed by atoms with Crippen LogP contribution in [0.2, 0.25) is 0 Å². The Balaban J connectivity index is 2.48. The summed E-state index contributed by atoms with van der Waals surface area (Å²) >= 11 is 1.63. The number of rotatable bonds is 4. The van der Waals surface area contributed by atoms with E-state index in [1.807, 2.05) is 17.6 Å². The summed E-state index contributed by atoms with van der Waals surface area (Å²) in [5.41, 5.74) is 5.70. The Hall–Kier alpha value is -0.970. The number of nitrogens with two attached hydrogens (primary N) is 1. The Morgan fingerprint density at radius 3 is 3.07 bits per heavy atom. The minimum Gasteiger partial charge on any atom is -0.630 e. The van der Waals surface area contributed by atoms with E-state index < -0.39 is 0 Å². The van der Waals surface area contributed by atoms with E-state index in [2.05, 4.69) is 11.9 Å². The van der Waals surface area contributed by atoms with E-state index in [0.717, 1.165) is 41.5 Å². The number of nitrogens with zero attached hydrogens (tertiary/aromatic N) is 1. The molecule has 2 N–H and O–H groups in total. The molecule has 15 heavy (non-hydrogen) atoms. The van der Waals surface area contributed by atoms with Gasteiger partial charge in [0.05, 0.1) is 15.7 Å². The average Bonchev–Trinajstić information content (AvgIpc) is 2.73. The topological polar surface area (TPSA) is 52.6 Å². The molecule has 0 fully saturated rings. The summed E-state index contributed by atoms with van der Waals surface area (Å²) < 4.78 is 1.17. The number of aryl methyl sites for hydroxylation is 1. The quantitative estimate of drug-likeness (QED) is 0.637. The van der Waals surface area contributed by atoms with Crippen molar-refractivity contribution in [1.29, 1.82) is 0 Å². The van der Waals surface area contributed by atoms with Gasteiger partial charge in [-0.25, -0.2) is 4.98 Å². The molecule has 1 aromatic heterocycles. The Labute approximate surface area is 92.7 Å². The Morgan fingerprint density at radius 2 is 2.33 bits per heavy atom. The second-order valence-corrected chi connectivity index (χ2v) is 4.44. The zero-order valence-electron chi connectivity index (χ0n) is 8.69. The van der Waals surface area contributed by atoms with Crippen LogP contribution in [0, 0.1) is 5.21 Å². The second kappa shape index (κ2) is 4.70. The van der Waals surface area contributed by atoms with E-state index in [4.69, 9.17) is 0 Å². The van der Waals surface area contributed by atoms with E-state index in [0.29, 0.717) is 0 Å². The van der Waals surface area contributed by atoms with E-state index >= 15 is 0 Å². The molecule has 4 heteroatoms. The second-order valence-electron chi connectivity index (χ2n) is 3.55. The van der Waals surface area contributed by atoms with Crippen LogP contribution in [0.15, 0.2) is 17.6 Å². The maximum absolute atomic E-state index is 10.9. The van der Waals surface area contributed by atoms with Crippen molar-refractivity contribution in [1.82, 2.24) is 4.98 Å². The molecule has 1 aromatic carbocycles. The molecule has 0 radical (unpaired) electrons. The maximum Gasteiger partial charge on any atom is 0.135 e. The minimum atomic E-state index is 0.793. The fourth-order valence-electron chi connectivity index (χ4n) is 1.73. The highest BCUT2D eigenvalue weighted by atomic mass is 32.1. The van der Waals surface area contributed by atoms with Gasteiger partial charge < -0.3 is 10.7 Å². The van der Waals surface area contributed by atoms with E-state index in [-0.39, 0.29) is 0 Å². The Kier molecular flexibility index (Phi) is 3.30. The molecule has 2 rings (SSSR count). The summed E-state index contributed by atoms with van der Waals surface area (Å²) in [6.07, 6.45) is 3.20. The molecule has 0 unspecified atom stereocenters. The standard InChI is InChI=1S/C11H14N2OS/c1-2-3-4-8-9(13-14)5-6-10-11(8)12-7-15-10/h5-7H,2-4,13H2,1H3. The molecule has 0 saturated heterocycles. The van der Waals surface area contributed by atoms with Gasteiger partial charge in [-0.05, 0) is 18.9 Å². The predicted molar refractivity (Wildman–Crippen MR) is 63.2 cm³/mol. The predicted octanol–water partition coefficient (Wildman–Crippen LogP) is 2.33. The molecule has 0 atom stereocenters. The first-order valence-corrected chi connectivity index (χ1v) is 6.05. The lowest BCUT2D eigenvalue weighted by molar-refractivity contribution is -0.497. The molecule has 3 nitrogen and oxygen atoms in total. The molecule has 0 aliphatic carbocycles. The first-order valence-electron chi connectivity index (χ1n) is 5.17. The van der Waals surface area contributed by atoms with Crippen LogP contribution in [0.4, 0.5) is 5.69 Å². The normalized spacial score (nSPS) is 11.1. The van der Waals surface area contributed by atoms with Crippen LogP contribution < -0.4 is 5.48 Å². The summed E-state index contributed by atoms with van der Waals surface area (Å²) in [4.78, 5) is 4.34. The van der Waals surface area contributed by atoms with Crippen LogP contribution in [-0.2, 0) is 6.42 Å². The number of benzene rings is 1. The number of aromatic nitrogens is 1.